The van der Waals surface area contributed by atoms with Crippen molar-refractivity contribution in [2.45, 2.75) is 13.3 Å². The van der Waals surface area contributed by atoms with Gasteiger partial charge in [0.2, 0.25) is 0 Å². The molecule has 0 aliphatic carbocycles. The zero-order chi connectivity index (χ0) is 11.8. The molecule has 0 radical (unpaired) electrons. The van der Waals surface area contributed by atoms with Gasteiger partial charge >= 0.3 is 0 Å². The summed E-state index contributed by atoms with van der Waals surface area (Å²) in [5.41, 5.74) is 2.39. The molecule has 1 aromatic heterocycles. The molecule has 1 saturated heterocycles. The second-order valence-corrected chi connectivity index (χ2v) is 5.60. The van der Waals surface area contributed by atoms with Crippen molar-refractivity contribution in [2.24, 2.45) is 5.92 Å². The first kappa shape index (κ1) is 11.0. The van der Waals surface area contributed by atoms with Crippen LogP contribution in [0.5, 0.6) is 0 Å². The first-order valence-electron chi connectivity index (χ1n) is 6.07. The standard InChI is InChI=1S/C14H15BrN2/c1-2-10-8-17(9-10)13-5-3-4-11-6-12(15)7-16-14(11)13/h3-7,10H,2,8-9H2,1H3. The lowest BCUT2D eigenvalue weighted by Crippen LogP contribution is -2.46. The Bertz CT molecular complexity index is 547. The van der Waals surface area contributed by atoms with Crippen LogP contribution in [-0.4, -0.2) is 18.1 Å². The fraction of sp³-hybridized carbons (Fsp3) is 0.357. The summed E-state index contributed by atoms with van der Waals surface area (Å²) in [6, 6.07) is 8.54. The largest absolute Gasteiger partial charge is 0.369 e. The SMILES string of the molecule is CCC1CN(c2cccc3cc(Br)cnc23)C1. The van der Waals surface area contributed by atoms with Crippen LogP contribution in [0.25, 0.3) is 10.9 Å². The lowest BCUT2D eigenvalue weighted by atomic mass is 9.96. The van der Waals surface area contributed by atoms with E-state index in [1.807, 2.05) is 6.20 Å². The lowest BCUT2D eigenvalue weighted by Gasteiger charge is -2.41. The van der Waals surface area contributed by atoms with Gasteiger partial charge in [0.15, 0.2) is 0 Å². The fourth-order valence-electron chi connectivity index (χ4n) is 2.40. The van der Waals surface area contributed by atoms with Gasteiger partial charge in [0.1, 0.15) is 0 Å². The van der Waals surface area contributed by atoms with Crippen molar-refractivity contribution >= 4 is 32.5 Å². The van der Waals surface area contributed by atoms with Crippen LogP contribution in [0, 0.1) is 5.92 Å². The number of fused-ring (bicyclic) bond motifs is 1. The predicted molar refractivity (Wildman–Crippen MR) is 75.4 cm³/mol. The molecule has 2 heterocycles. The summed E-state index contributed by atoms with van der Waals surface area (Å²) >= 11 is 3.47. The van der Waals surface area contributed by atoms with E-state index in [9.17, 15) is 0 Å². The highest BCUT2D eigenvalue weighted by atomic mass is 79.9. The Morgan fingerprint density at radius 2 is 2.24 bits per heavy atom. The first-order valence-corrected chi connectivity index (χ1v) is 6.86. The number of nitrogens with zero attached hydrogens (tertiary/aromatic N) is 2. The topological polar surface area (TPSA) is 16.1 Å². The number of aromatic nitrogens is 1. The van der Waals surface area contributed by atoms with Gasteiger partial charge in [-0.15, -0.1) is 0 Å². The van der Waals surface area contributed by atoms with Crippen LogP contribution in [0.2, 0.25) is 0 Å². The Hall–Kier alpha value is -1.09. The number of pyridine rings is 1. The van der Waals surface area contributed by atoms with E-state index in [-0.39, 0.29) is 0 Å². The molecule has 0 spiro atoms. The predicted octanol–water partition coefficient (Wildman–Crippen LogP) is 3.84. The normalized spacial score (nSPS) is 16.2. The molecule has 0 unspecified atom stereocenters. The molecule has 3 heteroatoms. The Morgan fingerprint density at radius 1 is 1.41 bits per heavy atom. The lowest BCUT2D eigenvalue weighted by molar-refractivity contribution is 0.399. The van der Waals surface area contributed by atoms with Crippen molar-refractivity contribution in [3.05, 3.63) is 34.9 Å². The maximum Gasteiger partial charge on any atom is 0.0936 e. The molecule has 0 bridgehead atoms. The van der Waals surface area contributed by atoms with E-state index < -0.39 is 0 Å². The Kier molecular flexibility index (Phi) is 2.79. The smallest absolute Gasteiger partial charge is 0.0936 e. The van der Waals surface area contributed by atoms with Crippen molar-refractivity contribution < 1.29 is 0 Å². The highest BCUT2D eigenvalue weighted by Crippen LogP contribution is 2.32. The van der Waals surface area contributed by atoms with Crippen LogP contribution in [0.4, 0.5) is 5.69 Å². The van der Waals surface area contributed by atoms with E-state index in [0.29, 0.717) is 0 Å². The van der Waals surface area contributed by atoms with E-state index >= 15 is 0 Å². The second kappa shape index (κ2) is 4.30. The molecule has 17 heavy (non-hydrogen) atoms. The summed E-state index contributed by atoms with van der Waals surface area (Å²) in [6.45, 7) is 4.61. The van der Waals surface area contributed by atoms with Crippen molar-refractivity contribution in [3.63, 3.8) is 0 Å². The van der Waals surface area contributed by atoms with Crippen LogP contribution >= 0.6 is 15.9 Å². The van der Waals surface area contributed by atoms with Gasteiger partial charge in [0.05, 0.1) is 11.2 Å². The van der Waals surface area contributed by atoms with Gasteiger partial charge in [0.25, 0.3) is 0 Å². The van der Waals surface area contributed by atoms with Crippen LogP contribution < -0.4 is 4.90 Å². The minimum atomic E-state index is 0.862. The zero-order valence-electron chi connectivity index (χ0n) is 9.86. The monoisotopic (exact) mass is 290 g/mol. The Morgan fingerprint density at radius 3 is 3.00 bits per heavy atom. The van der Waals surface area contributed by atoms with E-state index in [4.69, 9.17) is 0 Å². The highest BCUT2D eigenvalue weighted by molar-refractivity contribution is 9.10. The molecular formula is C14H15BrN2. The van der Waals surface area contributed by atoms with E-state index in [0.717, 1.165) is 15.9 Å². The molecule has 1 fully saturated rings. The molecule has 0 saturated carbocycles. The molecular weight excluding hydrogens is 276 g/mol. The molecule has 3 rings (SSSR count). The van der Waals surface area contributed by atoms with Crippen LogP contribution in [0.15, 0.2) is 34.9 Å². The van der Waals surface area contributed by atoms with Crippen molar-refractivity contribution in [1.29, 1.82) is 0 Å². The quantitative estimate of drug-likeness (QED) is 0.835. The minimum Gasteiger partial charge on any atom is -0.369 e. The molecule has 2 aromatic rings. The average molecular weight is 291 g/mol. The fourth-order valence-corrected chi connectivity index (χ4v) is 2.75. The minimum absolute atomic E-state index is 0.862. The van der Waals surface area contributed by atoms with Crippen LogP contribution in [0.1, 0.15) is 13.3 Å². The maximum absolute atomic E-state index is 4.55. The summed E-state index contributed by atoms with van der Waals surface area (Å²) in [4.78, 5) is 6.97. The Balaban J connectivity index is 2.00. The number of halogens is 1. The summed E-state index contributed by atoms with van der Waals surface area (Å²) < 4.78 is 1.04. The van der Waals surface area contributed by atoms with Gasteiger partial charge in [-0.25, -0.2) is 0 Å². The first-order chi connectivity index (χ1) is 8.28. The number of anilines is 1. The van der Waals surface area contributed by atoms with E-state index in [1.54, 1.807) is 0 Å². The third-order valence-electron chi connectivity index (χ3n) is 3.53. The number of benzene rings is 1. The number of hydrogen-bond acceptors (Lipinski definition) is 2. The van der Waals surface area contributed by atoms with Crippen molar-refractivity contribution in [2.75, 3.05) is 18.0 Å². The molecule has 1 aromatic carbocycles. The van der Waals surface area contributed by atoms with Crippen molar-refractivity contribution in [1.82, 2.24) is 4.98 Å². The number of hydrogen-bond donors (Lipinski definition) is 0. The number of rotatable bonds is 2. The number of para-hydroxylation sites is 1. The third-order valence-corrected chi connectivity index (χ3v) is 3.97. The summed E-state index contributed by atoms with van der Waals surface area (Å²) in [5.74, 6) is 0.862. The van der Waals surface area contributed by atoms with Gasteiger partial charge in [0, 0.05) is 29.1 Å². The second-order valence-electron chi connectivity index (χ2n) is 4.68. The third kappa shape index (κ3) is 1.93. The summed E-state index contributed by atoms with van der Waals surface area (Å²) in [7, 11) is 0. The Labute approximate surface area is 110 Å². The zero-order valence-corrected chi connectivity index (χ0v) is 11.4. The van der Waals surface area contributed by atoms with Crippen LogP contribution in [0.3, 0.4) is 0 Å². The average Bonchev–Trinajstić information content (AvgIpc) is 2.27. The molecule has 1 aliphatic rings. The maximum atomic E-state index is 4.55. The molecule has 2 nitrogen and oxygen atoms in total. The van der Waals surface area contributed by atoms with Gasteiger partial charge in [-0.3, -0.25) is 4.98 Å². The highest BCUT2D eigenvalue weighted by Gasteiger charge is 2.26. The van der Waals surface area contributed by atoms with Gasteiger partial charge < -0.3 is 4.90 Å². The van der Waals surface area contributed by atoms with Gasteiger partial charge in [-0.05, 0) is 40.4 Å². The van der Waals surface area contributed by atoms with Crippen molar-refractivity contribution in [3.8, 4) is 0 Å². The molecule has 1 aliphatic heterocycles. The molecule has 0 amide bonds. The molecule has 0 N–H and O–H groups in total. The van der Waals surface area contributed by atoms with E-state index in [2.05, 4.69) is 57.0 Å². The van der Waals surface area contributed by atoms with Gasteiger partial charge in [-0.2, -0.15) is 0 Å². The molecule has 88 valence electrons. The summed E-state index contributed by atoms with van der Waals surface area (Å²) in [5, 5.41) is 1.21. The van der Waals surface area contributed by atoms with Gasteiger partial charge in [-0.1, -0.05) is 19.1 Å². The summed E-state index contributed by atoms with van der Waals surface area (Å²) in [6.07, 6.45) is 3.16. The molecule has 0 atom stereocenters. The van der Waals surface area contributed by atoms with E-state index in [1.165, 1.54) is 30.6 Å². The van der Waals surface area contributed by atoms with Crippen LogP contribution in [-0.2, 0) is 0 Å².